The topological polar surface area (TPSA) is 330 Å². The Bertz CT molecular complexity index is 1710. The molecule has 3 heterocycles. The van der Waals surface area contributed by atoms with Gasteiger partial charge in [0.1, 0.15) is 0 Å². The Morgan fingerprint density at radius 3 is 0.918 bits per heavy atom. The third-order valence-electron chi connectivity index (χ3n) is 6.08. The lowest BCUT2D eigenvalue weighted by atomic mass is 10.3. The summed E-state index contributed by atoms with van der Waals surface area (Å²) in [6, 6.07) is 11.8. The lowest BCUT2D eigenvalue weighted by Gasteiger charge is -2.12. The van der Waals surface area contributed by atoms with Gasteiger partial charge in [0.05, 0.1) is 25.4 Å². The molecule has 0 saturated heterocycles. The fourth-order valence-electron chi connectivity index (χ4n) is 3.81. The highest BCUT2D eigenvalue weighted by Crippen LogP contribution is 2.24. The van der Waals surface area contributed by atoms with Gasteiger partial charge in [-0.2, -0.15) is 44.9 Å². The Labute approximate surface area is 276 Å². The van der Waals surface area contributed by atoms with E-state index in [1.165, 1.54) is 0 Å². The van der Waals surface area contributed by atoms with E-state index in [1.54, 1.807) is 48.5 Å². The maximum atomic E-state index is 10.1. The summed E-state index contributed by atoms with van der Waals surface area (Å²) in [6.07, 6.45) is -2.06. The Hall–Kier alpha value is -6.49. The molecule has 22 nitrogen and oxygen atoms in total. The zero-order valence-electron chi connectivity index (χ0n) is 25.3. The number of aromatic hydroxyl groups is 3. The summed E-state index contributed by atoms with van der Waals surface area (Å²) in [7, 11) is 0. The average Bonchev–Trinajstić information content (AvgIpc) is 3.07. The molecule has 49 heavy (non-hydrogen) atoms. The van der Waals surface area contributed by atoms with Gasteiger partial charge in [0.25, 0.3) is 0 Å². The smallest absolute Gasteiger partial charge is 0.320 e. The van der Waals surface area contributed by atoms with Crippen LogP contribution in [0.25, 0.3) is 0 Å². The first-order chi connectivity index (χ1) is 23.6. The maximum Gasteiger partial charge on any atom is 0.320 e. The van der Waals surface area contributed by atoms with Gasteiger partial charge in [-0.25, -0.2) is 0 Å². The van der Waals surface area contributed by atoms with Gasteiger partial charge in [0, 0.05) is 35.8 Å². The van der Waals surface area contributed by atoms with Crippen LogP contribution in [0.15, 0.2) is 48.5 Å². The van der Waals surface area contributed by atoms with Gasteiger partial charge in [-0.15, -0.1) is 0 Å². The number of aliphatic hydroxyl groups excluding tert-OH is 4. The molecule has 2 unspecified atom stereocenters. The number of benzene rings is 2. The molecular formula is C27H31N15O7. The van der Waals surface area contributed by atoms with Crippen LogP contribution in [0.3, 0.4) is 0 Å². The van der Waals surface area contributed by atoms with E-state index in [4.69, 9.17) is 10.2 Å². The van der Waals surface area contributed by atoms with Crippen molar-refractivity contribution in [2.45, 2.75) is 12.2 Å². The normalized spacial score (nSPS) is 12.1. The van der Waals surface area contributed by atoms with Crippen molar-refractivity contribution >= 4 is 58.4 Å². The van der Waals surface area contributed by atoms with Crippen molar-refractivity contribution in [3.05, 3.63) is 48.5 Å². The number of aromatic nitrogens is 9. The highest BCUT2D eigenvalue weighted by atomic mass is 16.3. The molecule has 13 N–H and O–H groups in total. The lowest BCUT2D eigenvalue weighted by molar-refractivity contribution is 0.105. The summed E-state index contributed by atoms with van der Waals surface area (Å²) in [5.41, 5.74) is 2.23. The summed E-state index contributed by atoms with van der Waals surface area (Å²) in [5, 5.41) is 83.8. The van der Waals surface area contributed by atoms with Crippen molar-refractivity contribution in [3.63, 3.8) is 0 Å². The Morgan fingerprint density at radius 1 is 0.408 bits per heavy atom. The summed E-state index contributed by atoms with van der Waals surface area (Å²) in [5.74, 6) is 0.132. The predicted molar refractivity (Wildman–Crippen MR) is 174 cm³/mol. The molecule has 0 aliphatic rings. The summed E-state index contributed by atoms with van der Waals surface area (Å²) in [6.45, 7) is -0.983. The molecule has 5 aromatic rings. The second kappa shape index (κ2) is 15.9. The molecule has 0 saturated carbocycles. The van der Waals surface area contributed by atoms with Gasteiger partial charge >= 0.3 is 18.0 Å². The number of hydrogen-bond donors (Lipinski definition) is 13. The first-order valence-corrected chi connectivity index (χ1v) is 14.3. The molecule has 256 valence electrons. The van der Waals surface area contributed by atoms with Crippen LogP contribution in [0.5, 0.6) is 18.0 Å². The summed E-state index contributed by atoms with van der Waals surface area (Å²) < 4.78 is 0. The molecular weight excluding hydrogens is 646 g/mol. The van der Waals surface area contributed by atoms with Gasteiger partial charge in [-0.3, -0.25) is 0 Å². The van der Waals surface area contributed by atoms with Crippen molar-refractivity contribution < 1.29 is 35.7 Å². The van der Waals surface area contributed by atoms with Gasteiger partial charge in [0.2, 0.25) is 35.7 Å². The van der Waals surface area contributed by atoms with Crippen molar-refractivity contribution in [1.82, 2.24) is 44.9 Å². The highest BCUT2D eigenvalue weighted by molar-refractivity contribution is 5.64. The minimum absolute atomic E-state index is 0.00560. The van der Waals surface area contributed by atoms with E-state index in [1.807, 2.05) is 0 Å². The van der Waals surface area contributed by atoms with E-state index in [0.29, 0.717) is 22.7 Å². The van der Waals surface area contributed by atoms with Crippen LogP contribution in [0.1, 0.15) is 0 Å². The fraction of sp³-hybridized carbons (Fsp3) is 0.222. The number of rotatable bonds is 16. The molecule has 5 rings (SSSR count). The zero-order valence-corrected chi connectivity index (χ0v) is 25.3. The molecule has 3 aromatic heterocycles. The molecule has 0 spiro atoms. The maximum absolute atomic E-state index is 10.1. The fourth-order valence-corrected chi connectivity index (χ4v) is 3.81. The third-order valence-corrected chi connectivity index (χ3v) is 6.08. The van der Waals surface area contributed by atoms with Crippen LogP contribution in [0.2, 0.25) is 0 Å². The van der Waals surface area contributed by atoms with Gasteiger partial charge < -0.3 is 67.6 Å². The molecule has 0 aliphatic carbocycles. The largest absolute Gasteiger partial charge is 0.479 e. The molecule has 2 aromatic carbocycles. The Kier molecular flexibility index (Phi) is 11.0. The molecule has 0 bridgehead atoms. The van der Waals surface area contributed by atoms with Crippen molar-refractivity contribution in [2.75, 3.05) is 58.2 Å². The number of hydrogen-bond acceptors (Lipinski definition) is 22. The van der Waals surface area contributed by atoms with E-state index in [0.717, 1.165) is 0 Å². The molecule has 2 atom stereocenters. The Morgan fingerprint density at radius 2 is 0.653 bits per heavy atom. The molecule has 0 amide bonds. The van der Waals surface area contributed by atoms with Crippen LogP contribution in [0.4, 0.5) is 58.4 Å². The highest BCUT2D eigenvalue weighted by Gasteiger charge is 2.11. The first kappa shape index (κ1) is 33.9. The number of nitrogens with one attached hydrogen (secondary N) is 6. The molecule has 0 radical (unpaired) electrons. The SMILES string of the molecule is OCC(O)CNc1nc(O)nc(Nc2ccc(Nc3nc(O)nc(Nc4ccc(Nc5nc(O)nc(NCC(O)CO)n5)cc4)n3)cc2)n1. The molecule has 22 heteroatoms. The monoisotopic (exact) mass is 677 g/mol. The van der Waals surface area contributed by atoms with E-state index >= 15 is 0 Å². The summed E-state index contributed by atoms with van der Waals surface area (Å²) >= 11 is 0. The quantitative estimate of drug-likeness (QED) is 0.0646. The van der Waals surface area contributed by atoms with Crippen molar-refractivity contribution in [1.29, 1.82) is 0 Å². The first-order valence-electron chi connectivity index (χ1n) is 14.3. The van der Waals surface area contributed by atoms with Crippen LogP contribution in [0, 0.1) is 0 Å². The van der Waals surface area contributed by atoms with E-state index < -0.39 is 43.5 Å². The van der Waals surface area contributed by atoms with Crippen molar-refractivity contribution in [3.8, 4) is 18.0 Å². The predicted octanol–water partition coefficient (Wildman–Crippen LogP) is -0.137. The van der Waals surface area contributed by atoms with E-state index in [2.05, 4.69) is 76.8 Å². The second-order valence-corrected chi connectivity index (χ2v) is 9.94. The molecule has 0 fully saturated rings. The van der Waals surface area contributed by atoms with Crippen LogP contribution < -0.4 is 31.9 Å². The van der Waals surface area contributed by atoms with E-state index in [-0.39, 0.29) is 48.8 Å². The van der Waals surface area contributed by atoms with Crippen LogP contribution >= 0.6 is 0 Å². The van der Waals surface area contributed by atoms with Gasteiger partial charge in [-0.1, -0.05) is 0 Å². The number of aliphatic hydroxyl groups is 4. The Balaban J connectivity index is 1.18. The van der Waals surface area contributed by atoms with Crippen molar-refractivity contribution in [2.24, 2.45) is 0 Å². The van der Waals surface area contributed by atoms with E-state index in [9.17, 15) is 25.5 Å². The number of nitrogens with zero attached hydrogens (tertiary/aromatic N) is 9. The zero-order chi connectivity index (χ0) is 34.8. The lowest BCUT2D eigenvalue weighted by Crippen LogP contribution is -2.24. The standard InChI is InChI=1S/C27H31N15O7/c43-11-17(45)9-28-19-34-21(39-25(47)37-19)30-13-1-5-15(6-2-13)32-23-36-24(42-27(49)41-23)33-16-7-3-14(4-8-16)31-22-35-20(38-26(48)40-22)29-10-18(46)12-44/h1-8,17-18,43-46H,9-12H2,(H3,28,30,34,37,39,47)(H3,29,31,35,38,40,48)(H3,32,33,36,41,42,49). The molecule has 0 aliphatic heterocycles. The van der Waals surface area contributed by atoms with Gasteiger partial charge in [-0.05, 0) is 48.5 Å². The van der Waals surface area contributed by atoms with Crippen LogP contribution in [-0.2, 0) is 0 Å². The third kappa shape index (κ3) is 10.2. The minimum Gasteiger partial charge on any atom is -0.479 e. The van der Waals surface area contributed by atoms with Crippen LogP contribution in [-0.4, -0.2) is 119 Å². The van der Waals surface area contributed by atoms with Gasteiger partial charge in [0.15, 0.2) is 0 Å². The second-order valence-electron chi connectivity index (χ2n) is 9.94. The average molecular weight is 678 g/mol. The number of anilines is 10. The summed E-state index contributed by atoms with van der Waals surface area (Å²) in [4.78, 5) is 35.4. The minimum atomic E-state index is -1.03.